The second-order valence-electron chi connectivity index (χ2n) is 11.1. The minimum absolute atomic E-state index is 0.0862. The van der Waals surface area contributed by atoms with E-state index < -0.39 is 35.3 Å². The summed E-state index contributed by atoms with van der Waals surface area (Å²) in [5, 5.41) is 19.3. The number of ether oxygens (including phenoxy) is 2. The summed E-state index contributed by atoms with van der Waals surface area (Å²) in [6.45, 7) is 2.09. The van der Waals surface area contributed by atoms with E-state index in [4.69, 9.17) is 9.47 Å². The fraction of sp³-hybridized carbons (Fsp3) is 0.483. The Balaban J connectivity index is 1.55. The number of aliphatic hydroxyl groups is 1. The van der Waals surface area contributed by atoms with E-state index in [0.717, 1.165) is 4.57 Å². The molecule has 0 radical (unpaired) electrons. The van der Waals surface area contributed by atoms with Crippen LogP contribution in [-0.4, -0.2) is 73.0 Å². The number of halogens is 1. The van der Waals surface area contributed by atoms with Gasteiger partial charge < -0.3 is 19.5 Å². The van der Waals surface area contributed by atoms with Crippen molar-refractivity contribution in [2.45, 2.75) is 69.9 Å². The van der Waals surface area contributed by atoms with E-state index in [1.165, 1.54) is 63.3 Å². The fourth-order valence-electron chi connectivity index (χ4n) is 6.09. The highest BCUT2D eigenvalue weighted by molar-refractivity contribution is 7.21. The number of thiophene rings is 1. The third-order valence-electron chi connectivity index (χ3n) is 8.42. The molecule has 1 saturated carbocycles. The zero-order valence-corrected chi connectivity index (χ0v) is 24.9. The van der Waals surface area contributed by atoms with Crippen LogP contribution in [0.5, 0.6) is 5.75 Å². The average Bonchev–Trinajstić information content (AvgIpc) is 3.72. The zero-order valence-electron chi connectivity index (χ0n) is 24.1. The Hall–Kier alpha value is -3.88. The first kappa shape index (κ1) is 29.2. The number of aromatic nitrogens is 5. The minimum atomic E-state index is -0.950. The summed E-state index contributed by atoms with van der Waals surface area (Å²) >= 11 is 1.18. The average molecular weight is 613 g/mol. The molecular weight excluding hydrogens is 579 g/mol. The van der Waals surface area contributed by atoms with Gasteiger partial charge in [0.05, 0.1) is 43.6 Å². The van der Waals surface area contributed by atoms with Crippen molar-refractivity contribution in [3.63, 3.8) is 0 Å². The lowest BCUT2D eigenvalue weighted by Gasteiger charge is -2.31. The molecule has 1 saturated heterocycles. The number of rotatable bonds is 8. The first-order chi connectivity index (χ1) is 20.7. The number of aryl methyl sites for hydroxylation is 1. The first-order valence-electron chi connectivity index (χ1n) is 14.2. The molecule has 2 atom stereocenters. The Morgan fingerprint density at radius 2 is 1.84 bits per heavy atom. The zero-order chi connectivity index (χ0) is 30.4. The van der Waals surface area contributed by atoms with Crippen molar-refractivity contribution in [1.29, 1.82) is 0 Å². The van der Waals surface area contributed by atoms with E-state index >= 15 is 0 Å². The van der Waals surface area contributed by atoms with Crippen molar-refractivity contribution < 1.29 is 23.8 Å². The van der Waals surface area contributed by atoms with Crippen LogP contribution in [0.15, 0.2) is 40.2 Å². The molecule has 2 aliphatic rings. The maximum absolute atomic E-state index is 14.6. The van der Waals surface area contributed by atoms with Gasteiger partial charge in [-0.25, -0.2) is 13.8 Å². The van der Waals surface area contributed by atoms with Crippen LogP contribution < -0.4 is 16.0 Å². The Bertz CT molecular complexity index is 1770. The predicted molar refractivity (Wildman–Crippen MR) is 156 cm³/mol. The van der Waals surface area contributed by atoms with Crippen molar-refractivity contribution in [2.24, 2.45) is 0 Å². The summed E-state index contributed by atoms with van der Waals surface area (Å²) in [6.07, 6.45) is 4.15. The summed E-state index contributed by atoms with van der Waals surface area (Å²) in [5.41, 5.74) is -0.232. The topological polar surface area (TPSA) is 134 Å². The third kappa shape index (κ3) is 5.27. The molecule has 1 aliphatic carbocycles. The summed E-state index contributed by atoms with van der Waals surface area (Å²) in [6, 6.07) is 3.17. The van der Waals surface area contributed by atoms with E-state index in [2.05, 4.69) is 10.2 Å². The molecule has 1 aliphatic heterocycles. The summed E-state index contributed by atoms with van der Waals surface area (Å²) in [4.78, 5) is 44.7. The van der Waals surface area contributed by atoms with E-state index in [9.17, 15) is 23.9 Å². The quantitative estimate of drug-likeness (QED) is 0.321. The number of amides is 1. The van der Waals surface area contributed by atoms with Crippen molar-refractivity contribution in [3.8, 4) is 10.8 Å². The standard InChI is InChI=1S/C29H33FN6O6S/c1-16-24-26(39)35(21-10-13-33(2)25(21)38)29(40)34(28(24)43-27(16)36-31-11-12-32-36)15-23(42-19-7-5-18(37)6-8-19)20-14-17(30)4-9-22(20)41-3/h4,9,11-12,14,18-19,21,23,37H,5-8,10,13,15H2,1-3H3. The SMILES string of the molecule is COc1ccc(F)cc1C(Cn1c(=O)n(C2CCN(C)C2=O)c(=O)c2c(C)c(-n3nccn3)sc21)OC1CCC(O)CC1. The van der Waals surface area contributed by atoms with E-state index in [1.54, 1.807) is 14.0 Å². The number of nitrogens with zero attached hydrogens (tertiary/aromatic N) is 6. The maximum Gasteiger partial charge on any atom is 0.332 e. The molecular formula is C29H33FN6O6S. The lowest BCUT2D eigenvalue weighted by atomic mass is 9.94. The first-order valence-corrected chi connectivity index (χ1v) is 15.1. The van der Waals surface area contributed by atoms with Gasteiger partial charge in [-0.1, -0.05) is 11.3 Å². The molecule has 0 spiro atoms. The molecule has 228 valence electrons. The van der Waals surface area contributed by atoms with Gasteiger partial charge in [-0.05, 0) is 57.2 Å². The number of hydrogen-bond donors (Lipinski definition) is 1. The molecule has 0 bridgehead atoms. The molecule has 1 N–H and O–H groups in total. The number of methoxy groups -OCH3 is 1. The van der Waals surface area contributed by atoms with Crippen LogP contribution >= 0.6 is 11.3 Å². The van der Waals surface area contributed by atoms with Crippen molar-refractivity contribution in [1.82, 2.24) is 29.0 Å². The molecule has 14 heteroatoms. The summed E-state index contributed by atoms with van der Waals surface area (Å²) in [5.74, 6) is -0.423. The molecule has 3 aromatic heterocycles. The maximum atomic E-state index is 14.6. The normalized spacial score (nSPS) is 21.6. The van der Waals surface area contributed by atoms with Crippen molar-refractivity contribution in [2.75, 3.05) is 20.7 Å². The highest BCUT2D eigenvalue weighted by atomic mass is 32.1. The number of aliphatic hydroxyl groups excluding tert-OH is 1. The van der Waals surface area contributed by atoms with Gasteiger partial charge in [0.15, 0.2) is 0 Å². The third-order valence-corrected chi connectivity index (χ3v) is 9.70. The lowest BCUT2D eigenvalue weighted by molar-refractivity contribution is -0.129. The Morgan fingerprint density at radius 1 is 1.12 bits per heavy atom. The van der Waals surface area contributed by atoms with Crippen LogP contribution in [-0.2, 0) is 16.1 Å². The molecule has 2 fully saturated rings. The van der Waals surface area contributed by atoms with Crippen LogP contribution in [0.25, 0.3) is 15.2 Å². The van der Waals surface area contributed by atoms with Crippen molar-refractivity contribution in [3.05, 3.63) is 68.4 Å². The Labute approximate surface area is 249 Å². The van der Waals surface area contributed by atoms with Gasteiger partial charge in [-0.2, -0.15) is 10.2 Å². The number of fused-ring (bicyclic) bond motifs is 1. The Morgan fingerprint density at radius 3 is 2.49 bits per heavy atom. The van der Waals surface area contributed by atoms with Crippen LogP contribution in [0.1, 0.15) is 55.4 Å². The van der Waals surface area contributed by atoms with Gasteiger partial charge in [-0.3, -0.25) is 14.2 Å². The van der Waals surface area contributed by atoms with Gasteiger partial charge in [0.1, 0.15) is 33.5 Å². The number of carbonyl (C=O) groups is 1. The molecule has 4 aromatic rings. The summed E-state index contributed by atoms with van der Waals surface area (Å²) in [7, 11) is 3.12. The predicted octanol–water partition coefficient (Wildman–Crippen LogP) is 2.73. The van der Waals surface area contributed by atoms with Gasteiger partial charge in [0.2, 0.25) is 5.91 Å². The molecule has 1 aromatic carbocycles. The fourth-order valence-corrected chi connectivity index (χ4v) is 7.31. The van der Waals surface area contributed by atoms with Crippen LogP contribution in [0, 0.1) is 12.7 Å². The second kappa shape index (κ2) is 11.7. The van der Waals surface area contributed by atoms with Gasteiger partial charge in [0, 0.05) is 24.7 Å². The van der Waals surface area contributed by atoms with Crippen LogP contribution in [0.2, 0.25) is 0 Å². The number of likely N-dealkylation sites (tertiary alicyclic amines) is 1. The van der Waals surface area contributed by atoms with Crippen LogP contribution in [0.3, 0.4) is 0 Å². The molecule has 2 unspecified atom stereocenters. The van der Waals surface area contributed by atoms with Gasteiger partial charge in [-0.15, -0.1) is 4.80 Å². The number of hydrogen-bond acceptors (Lipinski definition) is 9. The molecule has 6 rings (SSSR count). The number of likely N-dealkylation sites (N-methyl/N-ethyl adjacent to an activating group) is 1. The van der Waals surface area contributed by atoms with Gasteiger partial charge >= 0.3 is 5.69 Å². The van der Waals surface area contributed by atoms with E-state index in [-0.39, 0.29) is 23.9 Å². The molecule has 12 nitrogen and oxygen atoms in total. The minimum Gasteiger partial charge on any atom is -0.496 e. The Kier molecular flexibility index (Phi) is 7.92. The second-order valence-corrected chi connectivity index (χ2v) is 12.1. The smallest absolute Gasteiger partial charge is 0.332 e. The number of benzene rings is 1. The largest absolute Gasteiger partial charge is 0.496 e. The van der Waals surface area contributed by atoms with E-state index in [0.29, 0.717) is 65.4 Å². The summed E-state index contributed by atoms with van der Waals surface area (Å²) < 4.78 is 29.3. The van der Waals surface area contributed by atoms with Crippen molar-refractivity contribution >= 4 is 27.5 Å². The molecule has 43 heavy (non-hydrogen) atoms. The highest BCUT2D eigenvalue weighted by Crippen LogP contribution is 2.36. The van der Waals surface area contributed by atoms with E-state index in [1.807, 2.05) is 0 Å². The lowest BCUT2D eigenvalue weighted by Crippen LogP contribution is -2.45. The molecule has 4 heterocycles. The van der Waals surface area contributed by atoms with Crippen LogP contribution in [0.4, 0.5) is 4.39 Å². The van der Waals surface area contributed by atoms with Gasteiger partial charge in [0.25, 0.3) is 5.56 Å². The molecule has 1 amide bonds. The monoisotopic (exact) mass is 612 g/mol. The highest BCUT2D eigenvalue weighted by Gasteiger charge is 2.36. The number of carbonyl (C=O) groups excluding carboxylic acids is 1.